The summed E-state index contributed by atoms with van der Waals surface area (Å²) in [4.78, 5) is 27.3. The molecular weight excluding hydrogens is 396 g/mol. The van der Waals surface area contributed by atoms with Gasteiger partial charge in [0.05, 0.1) is 12.9 Å². The largest absolute Gasteiger partial charge is 0.497 e. The quantitative estimate of drug-likeness (QED) is 0.617. The molecule has 2 amide bonds. The SMILES string of the molecule is COc1ccc(CSCC(=O)N(Cc2ccc(C)cc2)C(C)C(=O)NC(C)C)cc1. The summed E-state index contributed by atoms with van der Waals surface area (Å²) in [5.74, 6) is 1.68. The van der Waals surface area contributed by atoms with Crippen LogP contribution in [0.15, 0.2) is 48.5 Å². The molecule has 2 aromatic rings. The number of carbonyl (C=O) groups excluding carboxylic acids is 2. The van der Waals surface area contributed by atoms with E-state index in [4.69, 9.17) is 4.74 Å². The molecule has 0 bridgehead atoms. The molecule has 0 radical (unpaired) electrons. The van der Waals surface area contributed by atoms with Crippen molar-refractivity contribution in [3.8, 4) is 5.75 Å². The predicted octanol–water partition coefficient (Wildman–Crippen LogP) is 4.18. The lowest BCUT2D eigenvalue weighted by Gasteiger charge is -2.29. The van der Waals surface area contributed by atoms with Gasteiger partial charge in [-0.2, -0.15) is 0 Å². The summed E-state index contributed by atoms with van der Waals surface area (Å²) in [5, 5.41) is 2.91. The van der Waals surface area contributed by atoms with E-state index in [9.17, 15) is 9.59 Å². The van der Waals surface area contributed by atoms with Crippen molar-refractivity contribution >= 4 is 23.6 Å². The topological polar surface area (TPSA) is 58.6 Å². The van der Waals surface area contributed by atoms with Crippen LogP contribution in [0.2, 0.25) is 0 Å². The van der Waals surface area contributed by atoms with Crippen LogP contribution in [0.1, 0.15) is 37.5 Å². The number of benzene rings is 2. The molecule has 0 saturated carbocycles. The van der Waals surface area contributed by atoms with Crippen molar-refractivity contribution in [3.63, 3.8) is 0 Å². The van der Waals surface area contributed by atoms with E-state index in [1.165, 1.54) is 0 Å². The zero-order valence-corrected chi connectivity index (χ0v) is 19.3. The van der Waals surface area contributed by atoms with Crippen molar-refractivity contribution in [1.82, 2.24) is 10.2 Å². The van der Waals surface area contributed by atoms with Crippen molar-refractivity contribution in [2.45, 2.75) is 52.1 Å². The minimum Gasteiger partial charge on any atom is -0.497 e. The van der Waals surface area contributed by atoms with Gasteiger partial charge in [0.15, 0.2) is 0 Å². The van der Waals surface area contributed by atoms with Gasteiger partial charge in [-0.15, -0.1) is 11.8 Å². The summed E-state index contributed by atoms with van der Waals surface area (Å²) in [5.41, 5.74) is 3.31. The van der Waals surface area contributed by atoms with Gasteiger partial charge in [-0.25, -0.2) is 0 Å². The Kier molecular flexibility index (Phi) is 9.24. The van der Waals surface area contributed by atoms with Crippen LogP contribution >= 0.6 is 11.8 Å². The van der Waals surface area contributed by atoms with Gasteiger partial charge < -0.3 is 15.0 Å². The third kappa shape index (κ3) is 7.41. The minimum absolute atomic E-state index is 0.0284. The standard InChI is InChI=1S/C24H32N2O3S/c1-17(2)25-24(28)19(4)26(14-20-8-6-18(3)7-9-20)23(27)16-30-15-21-10-12-22(29-5)13-11-21/h6-13,17,19H,14-16H2,1-5H3,(H,25,28). The second-order valence-electron chi connectivity index (χ2n) is 7.69. The van der Waals surface area contributed by atoms with E-state index in [0.717, 1.165) is 28.2 Å². The lowest BCUT2D eigenvalue weighted by molar-refractivity contribution is -0.138. The third-order valence-electron chi connectivity index (χ3n) is 4.73. The maximum absolute atomic E-state index is 13.0. The van der Waals surface area contributed by atoms with Crippen molar-refractivity contribution < 1.29 is 14.3 Å². The Morgan fingerprint density at radius 1 is 1.00 bits per heavy atom. The summed E-state index contributed by atoms with van der Waals surface area (Å²) < 4.78 is 5.18. The van der Waals surface area contributed by atoms with Gasteiger partial charge >= 0.3 is 0 Å². The fourth-order valence-corrected chi connectivity index (χ4v) is 3.81. The van der Waals surface area contributed by atoms with Crippen LogP contribution in [-0.2, 0) is 21.9 Å². The highest BCUT2D eigenvalue weighted by molar-refractivity contribution is 7.99. The summed E-state index contributed by atoms with van der Waals surface area (Å²) in [6.07, 6.45) is 0. The van der Waals surface area contributed by atoms with Gasteiger partial charge in [-0.1, -0.05) is 42.0 Å². The van der Waals surface area contributed by atoms with E-state index in [1.54, 1.807) is 30.7 Å². The molecule has 0 spiro atoms. The summed E-state index contributed by atoms with van der Waals surface area (Å²) in [6.45, 7) is 8.07. The first-order valence-electron chi connectivity index (χ1n) is 10.2. The summed E-state index contributed by atoms with van der Waals surface area (Å²) in [6, 6.07) is 15.4. The molecule has 30 heavy (non-hydrogen) atoms. The first-order chi connectivity index (χ1) is 14.3. The number of carbonyl (C=O) groups is 2. The Balaban J connectivity index is 2.04. The number of methoxy groups -OCH3 is 1. The van der Waals surface area contributed by atoms with Crippen molar-refractivity contribution in [1.29, 1.82) is 0 Å². The number of nitrogens with one attached hydrogen (secondary N) is 1. The Bertz CT molecular complexity index is 819. The molecule has 0 aliphatic heterocycles. The molecule has 5 nitrogen and oxygen atoms in total. The summed E-state index contributed by atoms with van der Waals surface area (Å²) >= 11 is 1.55. The number of amides is 2. The molecule has 1 N–H and O–H groups in total. The molecule has 2 aromatic carbocycles. The molecule has 162 valence electrons. The zero-order chi connectivity index (χ0) is 22.1. The van der Waals surface area contributed by atoms with E-state index >= 15 is 0 Å². The predicted molar refractivity (Wildman–Crippen MR) is 124 cm³/mol. The van der Waals surface area contributed by atoms with Crippen molar-refractivity contribution in [2.24, 2.45) is 0 Å². The van der Waals surface area contributed by atoms with Crippen LogP contribution in [0, 0.1) is 6.92 Å². The van der Waals surface area contributed by atoms with Gasteiger partial charge in [0, 0.05) is 18.3 Å². The van der Waals surface area contributed by atoms with E-state index in [-0.39, 0.29) is 17.9 Å². The molecule has 0 aliphatic carbocycles. The second kappa shape index (κ2) is 11.6. The average molecular weight is 429 g/mol. The van der Waals surface area contributed by atoms with E-state index in [0.29, 0.717) is 12.3 Å². The van der Waals surface area contributed by atoms with Crippen LogP contribution < -0.4 is 10.1 Å². The van der Waals surface area contributed by atoms with Gasteiger partial charge in [-0.05, 0) is 51.0 Å². The van der Waals surface area contributed by atoms with Crippen LogP contribution in [-0.4, -0.2) is 41.7 Å². The Labute approximate surface area is 184 Å². The van der Waals surface area contributed by atoms with Crippen molar-refractivity contribution in [2.75, 3.05) is 12.9 Å². The van der Waals surface area contributed by atoms with E-state index < -0.39 is 6.04 Å². The minimum atomic E-state index is -0.539. The van der Waals surface area contributed by atoms with E-state index in [2.05, 4.69) is 5.32 Å². The maximum Gasteiger partial charge on any atom is 0.242 e. The highest BCUT2D eigenvalue weighted by Gasteiger charge is 2.26. The Hall–Kier alpha value is -2.47. The summed E-state index contributed by atoms with van der Waals surface area (Å²) in [7, 11) is 1.64. The number of aryl methyl sites for hydroxylation is 1. The molecule has 6 heteroatoms. The Morgan fingerprint density at radius 2 is 1.60 bits per heavy atom. The fraction of sp³-hybridized carbons (Fsp3) is 0.417. The first kappa shape index (κ1) is 23.8. The van der Waals surface area contributed by atoms with Crippen LogP contribution in [0.25, 0.3) is 0 Å². The number of thioether (sulfide) groups is 1. The van der Waals surface area contributed by atoms with Crippen LogP contribution in [0.4, 0.5) is 0 Å². The number of hydrogen-bond donors (Lipinski definition) is 1. The lowest BCUT2D eigenvalue weighted by atomic mass is 10.1. The first-order valence-corrected chi connectivity index (χ1v) is 11.3. The Morgan fingerprint density at radius 3 is 2.17 bits per heavy atom. The molecule has 0 fully saturated rings. The number of nitrogens with zero attached hydrogens (tertiary/aromatic N) is 1. The molecule has 0 aromatic heterocycles. The number of ether oxygens (including phenoxy) is 1. The highest BCUT2D eigenvalue weighted by atomic mass is 32.2. The second-order valence-corrected chi connectivity index (χ2v) is 8.67. The van der Waals surface area contributed by atoms with Gasteiger partial charge in [0.1, 0.15) is 11.8 Å². The monoisotopic (exact) mass is 428 g/mol. The molecule has 0 saturated heterocycles. The van der Waals surface area contributed by atoms with Gasteiger partial charge in [-0.3, -0.25) is 9.59 Å². The molecule has 0 heterocycles. The van der Waals surface area contributed by atoms with Crippen LogP contribution in [0.3, 0.4) is 0 Å². The fourth-order valence-electron chi connectivity index (χ4n) is 2.94. The highest BCUT2D eigenvalue weighted by Crippen LogP contribution is 2.18. The number of rotatable bonds is 10. The van der Waals surface area contributed by atoms with Gasteiger partial charge in [0.25, 0.3) is 0 Å². The average Bonchev–Trinajstić information content (AvgIpc) is 2.72. The lowest BCUT2D eigenvalue weighted by Crippen LogP contribution is -2.49. The van der Waals surface area contributed by atoms with Gasteiger partial charge in [0.2, 0.25) is 11.8 Å². The smallest absolute Gasteiger partial charge is 0.242 e. The van der Waals surface area contributed by atoms with E-state index in [1.807, 2.05) is 69.3 Å². The molecule has 1 unspecified atom stereocenters. The maximum atomic E-state index is 13.0. The van der Waals surface area contributed by atoms with Crippen molar-refractivity contribution in [3.05, 3.63) is 65.2 Å². The third-order valence-corrected chi connectivity index (χ3v) is 5.71. The van der Waals surface area contributed by atoms with Crippen LogP contribution in [0.5, 0.6) is 5.75 Å². The molecule has 1 atom stereocenters. The molecular formula is C24H32N2O3S. The molecule has 2 rings (SSSR count). The zero-order valence-electron chi connectivity index (χ0n) is 18.5. The number of hydrogen-bond acceptors (Lipinski definition) is 4. The molecule has 0 aliphatic rings. The normalized spacial score (nSPS) is 11.8.